The Bertz CT molecular complexity index is 468. The molecule has 0 aliphatic heterocycles. The molecule has 0 atom stereocenters. The first-order valence-electron chi connectivity index (χ1n) is 3.67. The first-order chi connectivity index (χ1) is 6.82. The third kappa shape index (κ3) is 2.85. The zero-order valence-corrected chi connectivity index (χ0v) is 9.07. The molecule has 3 N–H and O–H groups in total. The van der Waals surface area contributed by atoms with Gasteiger partial charge in [0.2, 0.25) is 10.0 Å². The lowest BCUT2D eigenvalue weighted by Crippen LogP contribution is -2.18. The van der Waals surface area contributed by atoms with Crippen molar-refractivity contribution in [1.82, 2.24) is 0 Å². The van der Waals surface area contributed by atoms with Crippen LogP contribution in [0.2, 0.25) is 0 Å². The van der Waals surface area contributed by atoms with Gasteiger partial charge in [0.15, 0.2) is 0 Å². The number of anilines is 1. The fourth-order valence-electron chi connectivity index (χ4n) is 0.887. The number of thiol groups is 1. The lowest BCUT2D eigenvalue weighted by atomic mass is 10.3. The molecular formula is C7H8N2O4S2. The number of amides is 1. The Morgan fingerprint density at radius 3 is 2.13 bits per heavy atom. The predicted octanol–water partition coefficient (Wildman–Crippen LogP) is 0.663. The SMILES string of the molecule is NS(=O)(=O)c1ccc(N(S)C(=O)O)cc1. The lowest BCUT2D eigenvalue weighted by Gasteiger charge is -2.11. The van der Waals surface area contributed by atoms with E-state index in [9.17, 15) is 13.2 Å². The van der Waals surface area contributed by atoms with Gasteiger partial charge in [0.1, 0.15) is 0 Å². The van der Waals surface area contributed by atoms with E-state index in [-0.39, 0.29) is 10.6 Å². The van der Waals surface area contributed by atoms with Crippen molar-refractivity contribution in [2.24, 2.45) is 5.14 Å². The van der Waals surface area contributed by atoms with Crippen molar-refractivity contribution in [2.75, 3.05) is 4.31 Å². The number of nitrogens with zero attached hydrogens (tertiary/aromatic N) is 1. The van der Waals surface area contributed by atoms with Crippen LogP contribution in [0, 0.1) is 0 Å². The maximum atomic E-state index is 10.9. The number of carbonyl (C=O) groups is 1. The molecule has 0 aliphatic carbocycles. The Hall–Kier alpha value is -1.25. The highest BCUT2D eigenvalue weighted by Crippen LogP contribution is 2.18. The van der Waals surface area contributed by atoms with E-state index in [4.69, 9.17) is 10.2 Å². The van der Waals surface area contributed by atoms with Crippen molar-refractivity contribution >= 4 is 34.6 Å². The molecule has 0 aromatic heterocycles. The second-order valence-electron chi connectivity index (χ2n) is 2.63. The van der Waals surface area contributed by atoms with Crippen LogP contribution in [-0.2, 0) is 10.0 Å². The molecule has 0 heterocycles. The maximum Gasteiger partial charge on any atom is 0.421 e. The van der Waals surface area contributed by atoms with Crippen LogP contribution in [0.25, 0.3) is 0 Å². The molecule has 8 heteroatoms. The second kappa shape index (κ2) is 4.09. The van der Waals surface area contributed by atoms with E-state index >= 15 is 0 Å². The van der Waals surface area contributed by atoms with Gasteiger partial charge in [0.05, 0.1) is 10.6 Å². The summed E-state index contributed by atoms with van der Waals surface area (Å²) in [4.78, 5) is 10.4. The third-order valence-corrected chi connectivity index (χ3v) is 2.92. The molecule has 0 aliphatic rings. The summed E-state index contributed by atoms with van der Waals surface area (Å²) in [5.74, 6) is 0. The summed E-state index contributed by atoms with van der Waals surface area (Å²) in [5, 5.41) is 13.4. The summed E-state index contributed by atoms with van der Waals surface area (Å²) in [6.45, 7) is 0. The van der Waals surface area contributed by atoms with Gasteiger partial charge in [0, 0.05) is 0 Å². The Balaban J connectivity index is 3.06. The van der Waals surface area contributed by atoms with Crippen molar-refractivity contribution < 1.29 is 18.3 Å². The number of sulfonamides is 1. The molecule has 1 aromatic rings. The average molecular weight is 248 g/mol. The van der Waals surface area contributed by atoms with E-state index in [0.717, 1.165) is 0 Å². The standard InChI is InChI=1S/C7H8N2O4S2/c8-15(12,13)6-3-1-5(2-4-6)9(14)7(10)11/h1-4,14H,(H,10,11)(H2,8,12,13). The Morgan fingerprint density at radius 1 is 1.33 bits per heavy atom. The normalized spacial score (nSPS) is 11.1. The Labute approximate surface area is 91.9 Å². The topological polar surface area (TPSA) is 101 Å². The largest absolute Gasteiger partial charge is 0.464 e. The van der Waals surface area contributed by atoms with E-state index in [1.807, 2.05) is 0 Å². The first-order valence-corrected chi connectivity index (χ1v) is 5.62. The highest BCUT2D eigenvalue weighted by atomic mass is 32.2. The van der Waals surface area contributed by atoms with Crippen LogP contribution >= 0.6 is 12.8 Å². The number of benzene rings is 1. The van der Waals surface area contributed by atoms with Crippen LogP contribution in [0.5, 0.6) is 0 Å². The summed E-state index contributed by atoms with van der Waals surface area (Å²) < 4.78 is 22.4. The fourth-order valence-corrected chi connectivity index (χ4v) is 1.54. The molecule has 1 amide bonds. The van der Waals surface area contributed by atoms with E-state index in [1.165, 1.54) is 24.3 Å². The lowest BCUT2D eigenvalue weighted by molar-refractivity contribution is 0.206. The molecular weight excluding hydrogens is 240 g/mol. The van der Waals surface area contributed by atoms with Crippen LogP contribution < -0.4 is 9.44 Å². The van der Waals surface area contributed by atoms with E-state index in [2.05, 4.69) is 12.8 Å². The molecule has 0 fully saturated rings. The summed E-state index contributed by atoms with van der Waals surface area (Å²) in [6.07, 6.45) is -1.26. The van der Waals surface area contributed by atoms with E-state index < -0.39 is 16.1 Å². The molecule has 0 unspecified atom stereocenters. The number of nitrogens with two attached hydrogens (primary N) is 1. The van der Waals surface area contributed by atoms with Gasteiger partial charge < -0.3 is 5.11 Å². The summed E-state index contributed by atoms with van der Waals surface area (Å²) in [7, 11) is -3.76. The van der Waals surface area contributed by atoms with Gasteiger partial charge in [-0.25, -0.2) is 22.7 Å². The first kappa shape index (κ1) is 11.8. The smallest absolute Gasteiger partial charge is 0.421 e. The van der Waals surface area contributed by atoms with Gasteiger partial charge in [-0.2, -0.15) is 0 Å². The van der Waals surface area contributed by atoms with Crippen LogP contribution in [0.4, 0.5) is 10.5 Å². The number of rotatable bonds is 2. The van der Waals surface area contributed by atoms with Crippen LogP contribution in [0.1, 0.15) is 0 Å². The zero-order chi connectivity index (χ0) is 11.6. The quantitative estimate of drug-likeness (QED) is 0.669. The van der Waals surface area contributed by atoms with Crippen molar-refractivity contribution in [1.29, 1.82) is 0 Å². The van der Waals surface area contributed by atoms with Gasteiger partial charge in [-0.15, -0.1) is 0 Å². The average Bonchev–Trinajstić information content (AvgIpc) is 2.15. The Kier molecular flexibility index (Phi) is 3.22. The van der Waals surface area contributed by atoms with Crippen molar-refractivity contribution in [3.63, 3.8) is 0 Å². The summed E-state index contributed by atoms with van der Waals surface area (Å²) in [5.41, 5.74) is 0.234. The molecule has 15 heavy (non-hydrogen) atoms. The Morgan fingerprint density at radius 2 is 1.80 bits per heavy atom. The van der Waals surface area contributed by atoms with Gasteiger partial charge in [-0.3, -0.25) is 0 Å². The molecule has 0 saturated heterocycles. The van der Waals surface area contributed by atoms with Crippen LogP contribution in [0.3, 0.4) is 0 Å². The van der Waals surface area contributed by atoms with Gasteiger partial charge >= 0.3 is 6.09 Å². The fraction of sp³-hybridized carbons (Fsp3) is 0. The zero-order valence-electron chi connectivity index (χ0n) is 7.36. The van der Waals surface area contributed by atoms with Crippen LogP contribution in [-0.4, -0.2) is 19.6 Å². The minimum Gasteiger partial charge on any atom is -0.464 e. The number of hydrogen-bond donors (Lipinski definition) is 3. The highest BCUT2D eigenvalue weighted by molar-refractivity contribution is 7.89. The van der Waals surface area contributed by atoms with Crippen molar-refractivity contribution in [2.45, 2.75) is 4.90 Å². The molecule has 1 rings (SSSR count). The van der Waals surface area contributed by atoms with Crippen LogP contribution in [0.15, 0.2) is 29.2 Å². The number of carboxylic acid groups (broad SMARTS) is 1. The maximum absolute atomic E-state index is 10.9. The van der Waals surface area contributed by atoms with Crippen molar-refractivity contribution in [3.05, 3.63) is 24.3 Å². The van der Waals surface area contributed by atoms with Gasteiger partial charge in [-0.1, -0.05) is 12.8 Å². The molecule has 6 nitrogen and oxygen atoms in total. The monoisotopic (exact) mass is 248 g/mol. The van der Waals surface area contributed by atoms with Gasteiger partial charge in [0.25, 0.3) is 0 Å². The predicted molar refractivity (Wildman–Crippen MR) is 57.3 cm³/mol. The molecule has 82 valence electrons. The molecule has 0 bridgehead atoms. The minimum absolute atomic E-state index is 0.0848. The van der Waals surface area contributed by atoms with Crippen molar-refractivity contribution in [3.8, 4) is 0 Å². The molecule has 0 saturated carbocycles. The van der Waals surface area contributed by atoms with E-state index in [0.29, 0.717) is 4.31 Å². The number of hydrogen-bond acceptors (Lipinski definition) is 4. The third-order valence-electron chi connectivity index (χ3n) is 1.59. The highest BCUT2D eigenvalue weighted by Gasteiger charge is 2.11. The molecule has 0 radical (unpaired) electrons. The summed E-state index contributed by atoms with van der Waals surface area (Å²) >= 11 is 3.67. The summed E-state index contributed by atoms with van der Waals surface area (Å²) in [6, 6.07) is 5.00. The van der Waals surface area contributed by atoms with Gasteiger partial charge in [-0.05, 0) is 24.3 Å². The molecule has 1 aromatic carbocycles. The van der Waals surface area contributed by atoms with E-state index in [1.54, 1.807) is 0 Å². The minimum atomic E-state index is -3.76. The molecule has 0 spiro atoms. The number of primary sulfonamides is 1. The second-order valence-corrected chi connectivity index (χ2v) is 4.59.